The van der Waals surface area contributed by atoms with Crippen LogP contribution in [0.1, 0.15) is 16.0 Å². The van der Waals surface area contributed by atoms with E-state index >= 15 is 0 Å². The van der Waals surface area contributed by atoms with E-state index in [1.165, 1.54) is 11.3 Å². The third-order valence-corrected chi connectivity index (χ3v) is 6.61. The number of thiophene rings is 1. The molecule has 0 fully saturated rings. The van der Waals surface area contributed by atoms with Gasteiger partial charge in [-0.1, -0.05) is 29.8 Å². The number of hydrogen-bond donors (Lipinski definition) is 0. The fraction of sp³-hybridized carbons (Fsp3) is 0.190. The van der Waals surface area contributed by atoms with Crippen LogP contribution >= 0.6 is 22.9 Å². The summed E-state index contributed by atoms with van der Waals surface area (Å²) in [6.07, 6.45) is -0.428. The summed E-state index contributed by atoms with van der Waals surface area (Å²) in [7, 11) is 0. The molecule has 1 amide bonds. The van der Waals surface area contributed by atoms with E-state index in [1.54, 1.807) is 11.0 Å². The minimum atomic E-state index is -1.02. The maximum absolute atomic E-state index is 13.1. The number of carbonyl (C=O) groups excluding carboxylic acids is 1. The van der Waals surface area contributed by atoms with Gasteiger partial charge in [0.15, 0.2) is 11.5 Å². The summed E-state index contributed by atoms with van der Waals surface area (Å²) in [5, 5.41) is 0. The molecular formula is C21H14ClNO5S. The maximum atomic E-state index is 13.1. The third kappa shape index (κ3) is 2.44. The van der Waals surface area contributed by atoms with Crippen LogP contribution in [-0.4, -0.2) is 19.5 Å². The minimum Gasteiger partial charge on any atom is -0.488 e. The Morgan fingerprint density at radius 1 is 1.00 bits per heavy atom. The van der Waals surface area contributed by atoms with Crippen molar-refractivity contribution in [2.45, 2.75) is 12.1 Å². The van der Waals surface area contributed by atoms with Crippen molar-refractivity contribution >= 4 is 34.7 Å². The zero-order chi connectivity index (χ0) is 19.6. The summed E-state index contributed by atoms with van der Waals surface area (Å²) in [4.78, 5) is 15.7. The van der Waals surface area contributed by atoms with Crippen LogP contribution in [0.5, 0.6) is 17.2 Å². The van der Waals surface area contributed by atoms with Crippen molar-refractivity contribution in [3.63, 3.8) is 0 Å². The van der Waals surface area contributed by atoms with Crippen molar-refractivity contribution in [1.82, 2.24) is 0 Å². The van der Waals surface area contributed by atoms with E-state index in [9.17, 15) is 4.79 Å². The normalized spacial score (nSPS) is 21.0. The summed E-state index contributed by atoms with van der Waals surface area (Å²) in [6, 6.07) is 15.1. The van der Waals surface area contributed by atoms with Crippen molar-refractivity contribution in [2.24, 2.45) is 0 Å². The Kier molecular flexibility index (Phi) is 3.54. The van der Waals surface area contributed by atoms with E-state index < -0.39 is 11.7 Å². The van der Waals surface area contributed by atoms with Gasteiger partial charge in [0, 0.05) is 22.1 Å². The summed E-state index contributed by atoms with van der Waals surface area (Å²) in [5.74, 6) is 1.89. The number of para-hydroxylation sites is 1. The Labute approximate surface area is 175 Å². The van der Waals surface area contributed by atoms with Gasteiger partial charge in [0.1, 0.15) is 12.4 Å². The molecule has 29 heavy (non-hydrogen) atoms. The molecule has 6 rings (SSSR count). The zero-order valence-electron chi connectivity index (χ0n) is 15.0. The maximum Gasteiger partial charge on any atom is 0.416 e. The molecule has 4 heterocycles. The van der Waals surface area contributed by atoms with Crippen LogP contribution in [0.25, 0.3) is 0 Å². The highest BCUT2D eigenvalue weighted by Crippen LogP contribution is 2.53. The first-order chi connectivity index (χ1) is 14.1. The molecule has 3 aliphatic heterocycles. The number of halogens is 1. The van der Waals surface area contributed by atoms with Gasteiger partial charge in [-0.3, -0.25) is 4.90 Å². The van der Waals surface area contributed by atoms with E-state index in [2.05, 4.69) is 0 Å². The lowest BCUT2D eigenvalue weighted by atomic mass is 9.85. The minimum absolute atomic E-state index is 0.165. The predicted molar refractivity (Wildman–Crippen MR) is 107 cm³/mol. The van der Waals surface area contributed by atoms with Crippen LogP contribution in [0.15, 0.2) is 48.5 Å². The molecular weight excluding hydrogens is 414 g/mol. The van der Waals surface area contributed by atoms with E-state index in [4.69, 9.17) is 30.5 Å². The largest absolute Gasteiger partial charge is 0.488 e. The molecule has 8 heteroatoms. The fourth-order valence-electron chi connectivity index (χ4n) is 4.07. The molecule has 6 nitrogen and oxygen atoms in total. The highest BCUT2D eigenvalue weighted by Gasteiger charge is 2.52. The van der Waals surface area contributed by atoms with Crippen LogP contribution in [0.3, 0.4) is 0 Å². The summed E-state index contributed by atoms with van der Waals surface area (Å²) in [6.45, 7) is 0.754. The Hall–Kier alpha value is -2.90. The molecule has 1 spiro atoms. The second-order valence-electron chi connectivity index (χ2n) is 6.99. The van der Waals surface area contributed by atoms with Gasteiger partial charge in [-0.25, -0.2) is 4.79 Å². The molecule has 0 radical (unpaired) electrons. The number of nitrogens with zero attached hydrogens (tertiary/aromatic N) is 1. The molecule has 0 bridgehead atoms. The molecule has 1 aromatic heterocycles. The van der Waals surface area contributed by atoms with Crippen molar-refractivity contribution in [2.75, 3.05) is 18.3 Å². The molecule has 0 N–H and O–H groups in total. The summed E-state index contributed by atoms with van der Waals surface area (Å²) >= 11 is 7.51. The first-order valence-corrected chi connectivity index (χ1v) is 10.2. The Morgan fingerprint density at radius 2 is 1.83 bits per heavy atom. The number of carbonyl (C=O) groups is 1. The van der Waals surface area contributed by atoms with Gasteiger partial charge < -0.3 is 18.9 Å². The SMILES string of the molecule is O=C1OC2(COc3cc4c(cc32)OCO4)c2ccccc2N1Cc1ccc(Cl)s1. The quantitative estimate of drug-likeness (QED) is 0.580. The first-order valence-electron chi connectivity index (χ1n) is 9.05. The Morgan fingerprint density at radius 3 is 2.66 bits per heavy atom. The molecule has 0 aliphatic carbocycles. The summed E-state index contributed by atoms with van der Waals surface area (Å²) in [5.41, 5.74) is 1.41. The zero-order valence-corrected chi connectivity index (χ0v) is 16.6. The molecule has 2 aromatic carbocycles. The lowest BCUT2D eigenvalue weighted by Crippen LogP contribution is -2.47. The van der Waals surface area contributed by atoms with Crippen molar-refractivity contribution in [3.8, 4) is 17.2 Å². The van der Waals surface area contributed by atoms with Gasteiger partial charge in [-0.2, -0.15) is 0 Å². The number of fused-ring (bicyclic) bond motifs is 5. The lowest BCUT2D eigenvalue weighted by Gasteiger charge is -2.39. The van der Waals surface area contributed by atoms with E-state index in [-0.39, 0.29) is 13.4 Å². The monoisotopic (exact) mass is 427 g/mol. The van der Waals surface area contributed by atoms with E-state index in [0.29, 0.717) is 28.1 Å². The third-order valence-electron chi connectivity index (χ3n) is 5.40. The Balaban J connectivity index is 1.48. The van der Waals surface area contributed by atoms with Gasteiger partial charge in [-0.15, -0.1) is 11.3 Å². The average Bonchev–Trinajstić information content (AvgIpc) is 3.43. The van der Waals surface area contributed by atoms with Crippen LogP contribution in [-0.2, 0) is 16.9 Å². The standard InChI is InChI=1S/C21H14ClNO5S/c22-19-6-5-12(29-19)9-23-15-4-2-1-3-13(15)21(28-20(23)24)10-25-16-8-18-17(7-14(16)21)26-11-27-18/h1-8H,9-11H2. The second-order valence-corrected chi connectivity index (χ2v) is 8.79. The van der Waals surface area contributed by atoms with Crippen LogP contribution in [0.2, 0.25) is 4.34 Å². The van der Waals surface area contributed by atoms with E-state index in [0.717, 1.165) is 21.7 Å². The molecule has 146 valence electrons. The highest BCUT2D eigenvalue weighted by molar-refractivity contribution is 7.16. The van der Waals surface area contributed by atoms with Gasteiger partial charge in [0.25, 0.3) is 0 Å². The molecule has 3 aromatic rings. The molecule has 1 atom stereocenters. The fourth-order valence-corrected chi connectivity index (χ4v) is 5.15. The van der Waals surface area contributed by atoms with Crippen molar-refractivity contribution < 1.29 is 23.7 Å². The van der Waals surface area contributed by atoms with Gasteiger partial charge in [-0.05, 0) is 24.3 Å². The topological polar surface area (TPSA) is 57.2 Å². The van der Waals surface area contributed by atoms with Crippen LogP contribution < -0.4 is 19.1 Å². The number of anilines is 1. The van der Waals surface area contributed by atoms with Crippen molar-refractivity contribution in [1.29, 1.82) is 0 Å². The van der Waals surface area contributed by atoms with Crippen LogP contribution in [0, 0.1) is 0 Å². The second kappa shape index (κ2) is 6.05. The average molecular weight is 428 g/mol. The molecule has 3 aliphatic rings. The smallest absolute Gasteiger partial charge is 0.416 e. The van der Waals surface area contributed by atoms with Crippen LogP contribution in [0.4, 0.5) is 10.5 Å². The number of hydrogen-bond acceptors (Lipinski definition) is 6. The van der Waals surface area contributed by atoms with Gasteiger partial charge in [0.05, 0.1) is 16.6 Å². The Bertz CT molecular complexity index is 1160. The highest BCUT2D eigenvalue weighted by atomic mass is 35.5. The number of amides is 1. The number of benzene rings is 2. The number of ether oxygens (including phenoxy) is 4. The van der Waals surface area contributed by atoms with Gasteiger partial charge in [0.2, 0.25) is 12.4 Å². The molecule has 1 unspecified atom stereocenters. The number of rotatable bonds is 2. The first kappa shape index (κ1) is 17.0. The van der Waals surface area contributed by atoms with E-state index in [1.807, 2.05) is 42.5 Å². The summed E-state index contributed by atoms with van der Waals surface area (Å²) < 4.78 is 23.7. The predicted octanol–water partition coefficient (Wildman–Crippen LogP) is 4.92. The lowest BCUT2D eigenvalue weighted by molar-refractivity contribution is 0.0218. The molecule has 0 saturated carbocycles. The molecule has 0 saturated heterocycles. The van der Waals surface area contributed by atoms with Gasteiger partial charge >= 0.3 is 6.09 Å². The van der Waals surface area contributed by atoms with Crippen molar-refractivity contribution in [3.05, 3.63) is 68.9 Å².